The Morgan fingerprint density at radius 3 is 2.48 bits per heavy atom. The molecule has 4 N–H and O–H groups in total. The second kappa shape index (κ2) is 8.02. The Bertz CT molecular complexity index is 800. The van der Waals surface area contributed by atoms with Crippen LogP contribution < -0.4 is 16.0 Å². The van der Waals surface area contributed by atoms with Crippen molar-refractivity contribution in [2.24, 2.45) is 0 Å². The first kappa shape index (κ1) is 18.6. The van der Waals surface area contributed by atoms with Gasteiger partial charge in [0, 0.05) is 33.1 Å². The van der Waals surface area contributed by atoms with Gasteiger partial charge in [-0.05, 0) is 17.7 Å². The van der Waals surface area contributed by atoms with Crippen molar-refractivity contribution < 1.29 is 14.0 Å². The van der Waals surface area contributed by atoms with Crippen LogP contribution >= 0.6 is 0 Å². The highest BCUT2D eigenvalue weighted by Crippen LogP contribution is 2.20. The lowest BCUT2D eigenvalue weighted by atomic mass is 10.0. The molecule has 10 heteroatoms. The monoisotopic (exact) mass is 375 g/mol. The number of carbonyl (C=O) groups excluding carboxylic acids is 2. The van der Waals surface area contributed by atoms with Gasteiger partial charge in [-0.3, -0.25) is 9.59 Å². The summed E-state index contributed by atoms with van der Waals surface area (Å²) in [5.74, 6) is 0.0819. The zero-order chi connectivity index (χ0) is 19.4. The second-order valence-electron chi connectivity index (χ2n) is 6.39. The molecule has 2 heterocycles. The maximum Gasteiger partial charge on any atom is 0.241 e. The van der Waals surface area contributed by atoms with Gasteiger partial charge in [-0.2, -0.15) is 4.98 Å². The normalized spacial score (nSPS) is 15.5. The summed E-state index contributed by atoms with van der Waals surface area (Å²) < 4.78 is 13.2. The molecule has 0 radical (unpaired) electrons. The highest BCUT2D eigenvalue weighted by atomic mass is 19.1. The van der Waals surface area contributed by atoms with E-state index in [1.54, 1.807) is 17.0 Å². The molecule has 1 saturated heterocycles. The first-order chi connectivity index (χ1) is 12.9. The molecule has 0 saturated carbocycles. The van der Waals surface area contributed by atoms with Crippen molar-refractivity contribution in [1.82, 2.24) is 25.4 Å². The number of nitrogen functional groups attached to an aromatic ring is 1. The molecule has 1 aliphatic heterocycles. The zero-order valence-electron chi connectivity index (χ0n) is 15.0. The van der Waals surface area contributed by atoms with Gasteiger partial charge in [-0.1, -0.05) is 12.1 Å². The van der Waals surface area contributed by atoms with Crippen LogP contribution in [0.2, 0.25) is 0 Å². The summed E-state index contributed by atoms with van der Waals surface area (Å²) >= 11 is 0. The van der Waals surface area contributed by atoms with Crippen molar-refractivity contribution in [2.45, 2.75) is 19.4 Å². The van der Waals surface area contributed by atoms with Crippen molar-refractivity contribution in [2.75, 3.05) is 36.8 Å². The summed E-state index contributed by atoms with van der Waals surface area (Å²) in [6.07, 6.45) is 0.112. The number of aromatic amines is 1. The first-order valence-corrected chi connectivity index (χ1v) is 8.65. The Morgan fingerprint density at radius 2 is 1.93 bits per heavy atom. The SMILES string of the molecule is CC(=O)NC(CC(=O)N1CCN(c2nc(N)n[nH]2)CC1)c1ccc(F)cc1. The fourth-order valence-corrected chi connectivity index (χ4v) is 3.07. The smallest absolute Gasteiger partial charge is 0.241 e. The topological polar surface area (TPSA) is 120 Å². The van der Waals surface area contributed by atoms with Gasteiger partial charge < -0.3 is 20.9 Å². The maximum atomic E-state index is 13.2. The standard InChI is InChI=1S/C17H22FN7O2/c1-11(26)20-14(12-2-4-13(18)5-3-12)10-15(27)24-6-8-25(9-7-24)17-21-16(19)22-23-17/h2-5,14H,6-10H2,1H3,(H,20,26)(H3,19,21,22,23). The fourth-order valence-electron chi connectivity index (χ4n) is 3.07. The van der Waals surface area contributed by atoms with Crippen molar-refractivity contribution >= 4 is 23.7 Å². The third kappa shape index (κ3) is 4.72. The van der Waals surface area contributed by atoms with Crippen LogP contribution in [-0.4, -0.2) is 58.1 Å². The number of amides is 2. The van der Waals surface area contributed by atoms with Crippen molar-refractivity contribution in [3.8, 4) is 0 Å². The number of nitrogens with one attached hydrogen (secondary N) is 2. The number of rotatable bonds is 5. The number of piperazine rings is 1. The number of H-pyrrole nitrogens is 1. The summed E-state index contributed by atoms with van der Waals surface area (Å²) in [6.45, 7) is 3.64. The third-order valence-electron chi connectivity index (χ3n) is 4.45. The van der Waals surface area contributed by atoms with Gasteiger partial charge in [0.2, 0.25) is 23.7 Å². The number of nitrogens with two attached hydrogens (primary N) is 1. The highest BCUT2D eigenvalue weighted by molar-refractivity contribution is 5.79. The van der Waals surface area contributed by atoms with E-state index < -0.39 is 6.04 Å². The molecule has 0 spiro atoms. The summed E-state index contributed by atoms with van der Waals surface area (Å²) in [6, 6.07) is 5.29. The van der Waals surface area contributed by atoms with E-state index in [1.165, 1.54) is 19.1 Å². The quantitative estimate of drug-likeness (QED) is 0.698. The molecule has 27 heavy (non-hydrogen) atoms. The summed E-state index contributed by atoms with van der Waals surface area (Å²) in [5, 5.41) is 9.33. The highest BCUT2D eigenvalue weighted by Gasteiger charge is 2.26. The summed E-state index contributed by atoms with van der Waals surface area (Å²) in [4.78, 5) is 32.0. The van der Waals surface area contributed by atoms with Crippen LogP contribution in [-0.2, 0) is 9.59 Å². The number of aromatic nitrogens is 3. The lowest BCUT2D eigenvalue weighted by Gasteiger charge is -2.35. The van der Waals surface area contributed by atoms with Crippen molar-refractivity contribution in [3.05, 3.63) is 35.6 Å². The van der Waals surface area contributed by atoms with E-state index in [0.717, 1.165) is 0 Å². The minimum Gasteiger partial charge on any atom is -0.366 e. The van der Waals surface area contributed by atoms with Crippen LogP contribution in [0, 0.1) is 5.82 Å². The Hall–Kier alpha value is -3.17. The molecule has 2 aromatic rings. The van der Waals surface area contributed by atoms with Crippen LogP contribution in [0.25, 0.3) is 0 Å². The van der Waals surface area contributed by atoms with Crippen LogP contribution in [0.5, 0.6) is 0 Å². The number of benzene rings is 1. The van der Waals surface area contributed by atoms with Gasteiger partial charge in [0.15, 0.2) is 0 Å². The van der Waals surface area contributed by atoms with Gasteiger partial charge in [-0.15, -0.1) is 5.10 Å². The molecule has 2 amide bonds. The fraction of sp³-hybridized carbons (Fsp3) is 0.412. The van der Waals surface area contributed by atoms with Crippen LogP contribution in [0.4, 0.5) is 16.3 Å². The van der Waals surface area contributed by atoms with E-state index in [-0.39, 0.29) is 30.0 Å². The molecule has 0 bridgehead atoms. The second-order valence-corrected chi connectivity index (χ2v) is 6.39. The lowest BCUT2D eigenvalue weighted by molar-refractivity contribution is -0.132. The molecule has 1 atom stereocenters. The largest absolute Gasteiger partial charge is 0.366 e. The Kier molecular flexibility index (Phi) is 5.53. The first-order valence-electron chi connectivity index (χ1n) is 8.65. The molecule has 1 aliphatic rings. The minimum atomic E-state index is -0.497. The zero-order valence-corrected chi connectivity index (χ0v) is 15.0. The van der Waals surface area contributed by atoms with Gasteiger partial charge in [0.1, 0.15) is 5.82 Å². The molecule has 1 aromatic carbocycles. The Balaban J connectivity index is 1.60. The molecule has 0 aliphatic carbocycles. The van der Waals surface area contributed by atoms with E-state index in [0.29, 0.717) is 37.7 Å². The van der Waals surface area contributed by atoms with E-state index >= 15 is 0 Å². The van der Waals surface area contributed by atoms with Crippen LogP contribution in [0.3, 0.4) is 0 Å². The molecule has 9 nitrogen and oxygen atoms in total. The lowest BCUT2D eigenvalue weighted by Crippen LogP contribution is -2.49. The molecular weight excluding hydrogens is 353 g/mol. The Labute approximate surface area is 155 Å². The average Bonchev–Trinajstić information content (AvgIpc) is 3.08. The molecule has 1 unspecified atom stereocenters. The predicted octanol–water partition coefficient (Wildman–Crippen LogP) is 0.442. The molecule has 1 fully saturated rings. The minimum absolute atomic E-state index is 0.0743. The van der Waals surface area contributed by atoms with E-state index in [2.05, 4.69) is 20.5 Å². The van der Waals surface area contributed by atoms with Gasteiger partial charge in [0.25, 0.3) is 0 Å². The number of hydrogen-bond acceptors (Lipinski definition) is 6. The number of carbonyl (C=O) groups is 2. The summed E-state index contributed by atoms with van der Waals surface area (Å²) in [7, 11) is 0. The van der Waals surface area contributed by atoms with Crippen LogP contribution in [0.15, 0.2) is 24.3 Å². The molecule has 1 aromatic heterocycles. The maximum absolute atomic E-state index is 13.2. The Morgan fingerprint density at radius 1 is 1.26 bits per heavy atom. The number of nitrogens with zero attached hydrogens (tertiary/aromatic N) is 4. The van der Waals surface area contributed by atoms with Crippen LogP contribution in [0.1, 0.15) is 24.9 Å². The van der Waals surface area contributed by atoms with Gasteiger partial charge in [0.05, 0.1) is 12.5 Å². The van der Waals surface area contributed by atoms with Gasteiger partial charge in [-0.25, -0.2) is 9.49 Å². The molecular formula is C17H22FN7O2. The molecule has 3 rings (SSSR count). The summed E-state index contributed by atoms with van der Waals surface area (Å²) in [5.41, 5.74) is 6.21. The number of halogens is 1. The van der Waals surface area contributed by atoms with Gasteiger partial charge >= 0.3 is 0 Å². The van der Waals surface area contributed by atoms with Crippen molar-refractivity contribution in [3.63, 3.8) is 0 Å². The third-order valence-corrected chi connectivity index (χ3v) is 4.45. The van der Waals surface area contributed by atoms with E-state index in [1.807, 2.05) is 4.90 Å². The average molecular weight is 375 g/mol. The van der Waals surface area contributed by atoms with E-state index in [9.17, 15) is 14.0 Å². The molecule has 144 valence electrons. The number of hydrogen-bond donors (Lipinski definition) is 3. The number of anilines is 2. The van der Waals surface area contributed by atoms with E-state index in [4.69, 9.17) is 5.73 Å². The van der Waals surface area contributed by atoms with Crippen molar-refractivity contribution in [1.29, 1.82) is 0 Å². The predicted molar refractivity (Wildman–Crippen MR) is 97.2 cm³/mol.